The average Bonchev–Trinajstić information content (AvgIpc) is 0.914. The zero-order chi connectivity index (χ0) is 87.9. The summed E-state index contributed by atoms with van der Waals surface area (Å²) in [7, 11) is -31.6. The van der Waals surface area contributed by atoms with Crippen LogP contribution in [0.1, 0.15) is 51.4 Å². The van der Waals surface area contributed by atoms with Crippen molar-refractivity contribution in [1.82, 2.24) is 0 Å². The van der Waals surface area contributed by atoms with Crippen LogP contribution in [0.3, 0.4) is 0 Å². The number of hydrogen-bond acceptors (Lipinski definition) is 12. The molecule has 11 unspecified atom stereocenters. The van der Waals surface area contributed by atoms with Gasteiger partial charge in [0.1, 0.15) is 0 Å². The summed E-state index contributed by atoms with van der Waals surface area (Å²) in [5.41, 5.74) is 11.4. The number of ether oxygens (including phenoxy) is 2. The highest BCUT2D eigenvalue weighted by Crippen LogP contribution is 2.43. The van der Waals surface area contributed by atoms with Gasteiger partial charge >= 0.3 is 42.8 Å². The van der Waals surface area contributed by atoms with Gasteiger partial charge < -0.3 is 50.9 Å². The standard InChI is InChI=1S/C25H48O2Si4.C23H42O2Si3.C20H38O4Si5.C19H36O4Si5/c1-28(2,3)27-31(8,9)19-18-30(6,7)23-13-11-22(12-14-23)29(4,5)17-16-21-10-15-24-25(20-21)26-24;1-24-28(6,7)17-16-27(4,5)21-11-9-20(10-12-21)26(2,3)15-14-19-8-13-22-23(18-19)25-22;1-12-25(4,5)21-27(8,9)23-29(11,20-18-16-15-17-19-20)24-28(10,14-3)22-26(6,7)13-2;1-11-25(5,6)20-24(4)21-28(10,19-17-15-14-16-18-19)23-27(9,13-3)22-26(7,8)12-2/h11-14,21,24-25H,10,15-20H2,1-9H3;9-12,19,22-23H,8,13-18H2,1-7H3;12-19H,1-3H2,4-11H3;11-18,24H,1-3H2,4-10H3. The molecule has 2 aliphatic carbocycles. The first-order valence-electron chi connectivity index (χ1n) is 43.4. The summed E-state index contributed by atoms with van der Waals surface area (Å²) in [5, 5.41) is 8.66. The lowest BCUT2D eigenvalue weighted by Gasteiger charge is -2.43. The molecule has 0 radical (unpaired) electrons. The molecule has 2 saturated carbocycles. The van der Waals surface area contributed by atoms with Crippen molar-refractivity contribution in [1.29, 1.82) is 0 Å². The molecule has 11 atom stereocenters. The predicted molar refractivity (Wildman–Crippen MR) is 547 cm³/mol. The lowest BCUT2D eigenvalue weighted by molar-refractivity contribution is 0.309. The first-order valence-corrected chi connectivity index (χ1v) is 92.1. The second-order valence-electron chi connectivity index (χ2n) is 41.6. The van der Waals surface area contributed by atoms with Crippen molar-refractivity contribution in [2.45, 2.75) is 308 Å². The van der Waals surface area contributed by atoms with Gasteiger partial charge in [-0.25, -0.2) is 0 Å². The normalized spacial score (nSPS) is 21.3. The van der Waals surface area contributed by atoms with E-state index in [0.29, 0.717) is 24.4 Å². The summed E-state index contributed by atoms with van der Waals surface area (Å²) >= 11 is 0. The summed E-state index contributed by atoms with van der Waals surface area (Å²) in [5.74, 6) is 1.82. The van der Waals surface area contributed by atoms with E-state index >= 15 is 0 Å². The van der Waals surface area contributed by atoms with Crippen LogP contribution in [0.4, 0.5) is 0 Å². The molecular formula is C87H164O12Si17. The fourth-order valence-electron chi connectivity index (χ4n) is 16.0. The number of benzene rings is 4. The summed E-state index contributed by atoms with van der Waals surface area (Å²) in [4.78, 5) is 0. The topological polar surface area (TPSA) is 117 Å². The van der Waals surface area contributed by atoms with Crippen molar-refractivity contribution < 1.29 is 50.9 Å². The average molecular weight is 1880 g/mol. The van der Waals surface area contributed by atoms with Gasteiger partial charge in [0, 0.05) is 7.11 Å². The lowest BCUT2D eigenvalue weighted by Crippen LogP contribution is -2.65. The molecule has 0 spiro atoms. The molecular weight excluding hydrogens is 1710 g/mol. The van der Waals surface area contributed by atoms with Gasteiger partial charge in [0.25, 0.3) is 9.28 Å². The fraction of sp³-hybridized carbons (Fsp3) is 0.586. The monoisotopic (exact) mass is 1880 g/mol. The highest BCUT2D eigenvalue weighted by Gasteiger charge is 2.52. The summed E-state index contributed by atoms with van der Waals surface area (Å²) in [6.07, 6.45) is 13.4. The first-order chi connectivity index (χ1) is 53.1. The van der Waals surface area contributed by atoms with Gasteiger partial charge in [-0.05, 0) is 217 Å². The molecule has 29 heteroatoms. The molecule has 4 aromatic rings. The van der Waals surface area contributed by atoms with Crippen LogP contribution in [0.5, 0.6) is 0 Å². The van der Waals surface area contributed by atoms with E-state index in [1.54, 1.807) is 20.7 Å². The minimum Gasteiger partial charge on any atom is -0.456 e. The molecule has 4 aliphatic rings. The molecule has 4 aromatic carbocycles. The molecule has 2 aliphatic heterocycles. The molecule has 2 saturated heterocycles. The molecule has 116 heavy (non-hydrogen) atoms. The lowest BCUT2D eigenvalue weighted by atomic mass is 9.87. The van der Waals surface area contributed by atoms with Crippen LogP contribution in [-0.2, 0) is 50.9 Å². The first kappa shape index (κ1) is 105. The Morgan fingerprint density at radius 1 is 0.328 bits per heavy atom. The SMILES string of the molecule is C=C[Si](C)(C)O[SiH](C)O[Si](C)(O[Si](C)(C=C)O[Si](C)(C)C=C)c1ccccc1.C=C[Si](C)(C)O[Si](C)(C)O[Si](C)(O[Si](C)(C=C)O[Si](C)(C)C=C)c1ccccc1.CO[Si](C)(C)CC[Si](C)(C)c1ccc([Si](C)(C)CCC2CCC3OC3C2)cc1.C[Si](C)(C)O[Si](C)(C)CC[Si](C)(C)c1ccc([Si](C)(C)CCC2CCC3OC3C2)cc1. The van der Waals surface area contributed by atoms with Crippen molar-refractivity contribution in [3.8, 4) is 0 Å². The van der Waals surface area contributed by atoms with Crippen molar-refractivity contribution in [3.05, 3.63) is 183 Å². The number of epoxide rings is 2. The van der Waals surface area contributed by atoms with E-state index in [9.17, 15) is 0 Å². The Bertz CT molecular complexity index is 3770. The Labute approximate surface area is 728 Å². The molecule has 0 aromatic heterocycles. The summed E-state index contributed by atoms with van der Waals surface area (Å²) in [6, 6.07) is 48.3. The van der Waals surface area contributed by atoms with E-state index in [0.717, 1.165) is 22.2 Å². The molecule has 0 bridgehead atoms. The largest absolute Gasteiger partial charge is 0.456 e. The van der Waals surface area contributed by atoms with E-state index in [-0.39, 0.29) is 0 Å². The van der Waals surface area contributed by atoms with Crippen LogP contribution in [0, 0.1) is 11.8 Å². The van der Waals surface area contributed by atoms with E-state index < -0.39 is 143 Å². The van der Waals surface area contributed by atoms with Crippen LogP contribution < -0.4 is 31.1 Å². The fourth-order valence-corrected chi connectivity index (χ4v) is 79.8. The smallest absolute Gasteiger partial charge is 0.351 e. The summed E-state index contributed by atoms with van der Waals surface area (Å²) < 4.78 is 76.7. The summed E-state index contributed by atoms with van der Waals surface area (Å²) in [6.45, 7) is 92.2. The molecule has 652 valence electrons. The highest BCUT2D eigenvalue weighted by atomic mass is 28.5. The molecule has 4 fully saturated rings. The molecule has 0 amide bonds. The quantitative estimate of drug-likeness (QED) is 0.0310. The van der Waals surface area contributed by atoms with Gasteiger partial charge in [0.15, 0.2) is 58.2 Å². The van der Waals surface area contributed by atoms with E-state index in [1.807, 2.05) is 90.8 Å². The third kappa shape index (κ3) is 35.2. The Morgan fingerprint density at radius 3 is 0.983 bits per heavy atom. The van der Waals surface area contributed by atoms with Crippen LogP contribution >= 0.6 is 0 Å². The predicted octanol–water partition coefficient (Wildman–Crippen LogP) is 21.8. The van der Waals surface area contributed by atoms with Crippen LogP contribution in [0.15, 0.2) is 183 Å². The Hall–Kier alpha value is -1.47. The third-order valence-corrected chi connectivity index (χ3v) is 84.0. The van der Waals surface area contributed by atoms with Crippen LogP contribution in [-0.4, -0.2) is 174 Å². The van der Waals surface area contributed by atoms with Gasteiger partial charge in [-0.2, -0.15) is 0 Å². The maximum atomic E-state index is 6.83. The van der Waals surface area contributed by atoms with Crippen molar-refractivity contribution in [2.75, 3.05) is 7.11 Å². The minimum absolute atomic E-state index is 0.624. The Morgan fingerprint density at radius 2 is 0.655 bits per heavy atom. The molecule has 2 heterocycles. The van der Waals surface area contributed by atoms with Crippen molar-refractivity contribution in [2.24, 2.45) is 11.8 Å². The van der Waals surface area contributed by atoms with Gasteiger partial charge in [-0.3, -0.25) is 0 Å². The van der Waals surface area contributed by atoms with Crippen molar-refractivity contribution in [3.63, 3.8) is 0 Å². The van der Waals surface area contributed by atoms with Gasteiger partial charge in [-0.1, -0.05) is 254 Å². The Balaban J connectivity index is 0.000000276. The third-order valence-electron chi connectivity index (χ3n) is 24.2. The van der Waals surface area contributed by atoms with Gasteiger partial charge in [-0.15, -0.1) is 39.5 Å². The maximum absolute atomic E-state index is 6.83. The van der Waals surface area contributed by atoms with Crippen LogP contribution in [0.25, 0.3) is 0 Å². The van der Waals surface area contributed by atoms with E-state index in [4.69, 9.17) is 50.9 Å². The molecule has 0 N–H and O–H groups in total. The Kier molecular flexibility index (Phi) is 38.7. The zero-order valence-corrected chi connectivity index (χ0v) is 96.1. The maximum Gasteiger partial charge on any atom is 0.351 e. The molecule has 8 rings (SSSR count). The number of fused-ring (bicyclic) bond motifs is 2. The minimum atomic E-state index is -2.86. The van der Waals surface area contributed by atoms with E-state index in [1.165, 1.54) is 87.6 Å². The zero-order valence-electron chi connectivity index (χ0n) is 78.9. The van der Waals surface area contributed by atoms with Crippen LogP contribution in [0.2, 0.25) is 233 Å². The molecule has 12 nitrogen and oxygen atoms in total. The van der Waals surface area contributed by atoms with Crippen molar-refractivity contribution >= 4 is 174 Å². The highest BCUT2D eigenvalue weighted by molar-refractivity contribution is 6.99. The number of hydrogen-bond donors (Lipinski definition) is 0. The second kappa shape index (κ2) is 42.7. The van der Waals surface area contributed by atoms with Gasteiger partial charge in [0.05, 0.1) is 56.7 Å². The second-order valence-corrected chi connectivity index (χ2v) is 109. The number of rotatable bonds is 43. The van der Waals surface area contributed by atoms with Gasteiger partial charge in [0.2, 0.25) is 0 Å². The van der Waals surface area contributed by atoms with E-state index in [2.05, 4.69) is 296 Å².